The van der Waals surface area contributed by atoms with E-state index in [1.807, 2.05) is 0 Å². The zero-order valence-electron chi connectivity index (χ0n) is 11.6. The SMILES string of the molecule is NC(=O)c1oc2cnccc2c1Nc1ccc(Cl)c2[nH]ncc12. The number of furan rings is 1. The summed E-state index contributed by atoms with van der Waals surface area (Å²) in [5, 5.41) is 12.1. The van der Waals surface area contributed by atoms with E-state index >= 15 is 0 Å². The van der Waals surface area contributed by atoms with Gasteiger partial charge in [0.25, 0.3) is 5.91 Å². The van der Waals surface area contributed by atoms with Crippen molar-refractivity contribution in [2.45, 2.75) is 0 Å². The standard InChI is InChI=1S/C15H10ClN5O2/c16-9-1-2-10(8-5-19-21-12(8)9)20-13-7-3-4-18-6-11(7)23-14(13)15(17)22/h1-6,20H,(H2,17,22)(H,19,21). The number of anilines is 2. The molecular weight excluding hydrogens is 318 g/mol. The first kappa shape index (κ1) is 13.6. The van der Waals surface area contributed by atoms with E-state index in [-0.39, 0.29) is 5.76 Å². The fourth-order valence-electron chi connectivity index (χ4n) is 2.49. The fourth-order valence-corrected chi connectivity index (χ4v) is 2.70. The van der Waals surface area contributed by atoms with Gasteiger partial charge in [-0.05, 0) is 18.2 Å². The van der Waals surface area contributed by atoms with Crippen molar-refractivity contribution < 1.29 is 9.21 Å². The van der Waals surface area contributed by atoms with Crippen LogP contribution in [0.1, 0.15) is 10.6 Å². The number of fused-ring (bicyclic) bond motifs is 2. The van der Waals surface area contributed by atoms with Gasteiger partial charge in [0.15, 0.2) is 5.58 Å². The van der Waals surface area contributed by atoms with Crippen LogP contribution in [0.2, 0.25) is 5.02 Å². The smallest absolute Gasteiger partial charge is 0.286 e. The van der Waals surface area contributed by atoms with Crippen molar-refractivity contribution in [2.24, 2.45) is 5.73 Å². The van der Waals surface area contributed by atoms with Gasteiger partial charge in [-0.1, -0.05) is 11.6 Å². The van der Waals surface area contributed by atoms with Crippen LogP contribution in [-0.2, 0) is 0 Å². The summed E-state index contributed by atoms with van der Waals surface area (Å²) in [6.45, 7) is 0. The molecule has 1 aromatic carbocycles. The maximum absolute atomic E-state index is 11.7. The van der Waals surface area contributed by atoms with Gasteiger partial charge in [0.2, 0.25) is 5.76 Å². The predicted molar refractivity (Wildman–Crippen MR) is 86.9 cm³/mol. The molecule has 0 aliphatic carbocycles. The van der Waals surface area contributed by atoms with E-state index < -0.39 is 5.91 Å². The highest BCUT2D eigenvalue weighted by molar-refractivity contribution is 6.35. The third kappa shape index (κ3) is 2.09. The number of nitrogens with one attached hydrogen (secondary N) is 2. The molecule has 0 saturated heterocycles. The van der Waals surface area contributed by atoms with Crippen molar-refractivity contribution in [3.05, 3.63) is 47.6 Å². The Kier molecular flexibility index (Phi) is 2.95. The second kappa shape index (κ2) is 4.99. The Morgan fingerprint density at radius 1 is 1.26 bits per heavy atom. The van der Waals surface area contributed by atoms with Crippen molar-refractivity contribution in [2.75, 3.05) is 5.32 Å². The summed E-state index contributed by atoms with van der Waals surface area (Å²) in [7, 11) is 0. The molecule has 4 aromatic rings. The quantitative estimate of drug-likeness (QED) is 0.535. The summed E-state index contributed by atoms with van der Waals surface area (Å²) < 4.78 is 5.50. The summed E-state index contributed by atoms with van der Waals surface area (Å²) in [6.07, 6.45) is 4.79. The number of aromatic amines is 1. The molecule has 0 bridgehead atoms. The highest BCUT2D eigenvalue weighted by atomic mass is 35.5. The number of nitrogens with zero attached hydrogens (tertiary/aromatic N) is 2. The minimum atomic E-state index is -0.666. The molecular formula is C15H10ClN5O2. The van der Waals surface area contributed by atoms with Crippen LogP contribution in [0, 0.1) is 0 Å². The molecule has 4 rings (SSSR count). The number of hydrogen-bond acceptors (Lipinski definition) is 5. The molecule has 0 aliphatic heterocycles. The van der Waals surface area contributed by atoms with Gasteiger partial charge in [0, 0.05) is 22.7 Å². The summed E-state index contributed by atoms with van der Waals surface area (Å²) in [6, 6.07) is 5.28. The maximum atomic E-state index is 11.7. The number of hydrogen-bond donors (Lipinski definition) is 3. The molecule has 0 saturated carbocycles. The van der Waals surface area contributed by atoms with Crippen molar-refractivity contribution in [1.82, 2.24) is 15.2 Å². The van der Waals surface area contributed by atoms with E-state index in [0.717, 1.165) is 11.1 Å². The van der Waals surface area contributed by atoms with Gasteiger partial charge in [0.1, 0.15) is 0 Å². The Labute approximate surface area is 134 Å². The van der Waals surface area contributed by atoms with Gasteiger partial charge >= 0.3 is 0 Å². The minimum Gasteiger partial charge on any atom is -0.447 e. The molecule has 0 atom stereocenters. The van der Waals surface area contributed by atoms with Crippen LogP contribution >= 0.6 is 11.6 Å². The van der Waals surface area contributed by atoms with E-state index in [2.05, 4.69) is 20.5 Å². The van der Waals surface area contributed by atoms with E-state index in [0.29, 0.717) is 27.2 Å². The molecule has 1 amide bonds. The lowest BCUT2D eigenvalue weighted by Crippen LogP contribution is -2.11. The van der Waals surface area contributed by atoms with Gasteiger partial charge < -0.3 is 15.5 Å². The number of nitrogens with two attached hydrogens (primary N) is 1. The lowest BCUT2D eigenvalue weighted by molar-refractivity contribution is 0.0977. The first-order valence-electron chi connectivity index (χ1n) is 6.70. The van der Waals surface area contributed by atoms with Gasteiger partial charge in [-0.15, -0.1) is 0 Å². The lowest BCUT2D eigenvalue weighted by atomic mass is 10.2. The lowest BCUT2D eigenvalue weighted by Gasteiger charge is -2.08. The Morgan fingerprint density at radius 3 is 2.96 bits per heavy atom. The topological polar surface area (TPSA) is 110 Å². The monoisotopic (exact) mass is 327 g/mol. The molecule has 114 valence electrons. The minimum absolute atomic E-state index is 0.0413. The fraction of sp³-hybridized carbons (Fsp3) is 0. The Morgan fingerprint density at radius 2 is 2.13 bits per heavy atom. The maximum Gasteiger partial charge on any atom is 0.286 e. The van der Waals surface area contributed by atoms with Gasteiger partial charge in [-0.2, -0.15) is 5.10 Å². The van der Waals surface area contributed by atoms with E-state index in [1.54, 1.807) is 30.6 Å². The number of H-pyrrole nitrogens is 1. The number of benzene rings is 1. The molecule has 7 nitrogen and oxygen atoms in total. The van der Waals surface area contributed by atoms with E-state index in [1.165, 1.54) is 6.20 Å². The molecule has 0 fully saturated rings. The highest BCUT2D eigenvalue weighted by Crippen LogP contribution is 2.35. The first-order valence-corrected chi connectivity index (χ1v) is 7.08. The molecule has 8 heteroatoms. The molecule has 0 spiro atoms. The summed E-state index contributed by atoms with van der Waals surface area (Å²) in [5.41, 5.74) is 7.80. The molecule has 4 N–H and O–H groups in total. The summed E-state index contributed by atoms with van der Waals surface area (Å²) in [5.74, 6) is -0.624. The van der Waals surface area contributed by atoms with Crippen LogP contribution in [0.25, 0.3) is 21.9 Å². The second-order valence-electron chi connectivity index (χ2n) is 4.92. The number of halogens is 1. The Hall–Kier alpha value is -3.06. The van der Waals surface area contributed by atoms with E-state index in [4.69, 9.17) is 21.8 Å². The molecule has 3 heterocycles. The van der Waals surface area contributed by atoms with Crippen LogP contribution in [0.4, 0.5) is 11.4 Å². The predicted octanol–water partition coefficient (Wildman–Crippen LogP) is 3.20. The zero-order valence-corrected chi connectivity index (χ0v) is 12.4. The van der Waals surface area contributed by atoms with Gasteiger partial charge in [-0.25, -0.2) is 0 Å². The number of rotatable bonds is 3. The number of carbonyl (C=O) groups is 1. The third-order valence-electron chi connectivity index (χ3n) is 3.54. The van der Waals surface area contributed by atoms with Crippen molar-refractivity contribution in [3.8, 4) is 0 Å². The summed E-state index contributed by atoms with van der Waals surface area (Å²) >= 11 is 6.13. The first-order chi connectivity index (χ1) is 11.1. The number of primary amides is 1. The van der Waals surface area contributed by atoms with Crippen LogP contribution in [0.15, 0.2) is 41.2 Å². The van der Waals surface area contributed by atoms with Crippen molar-refractivity contribution >= 4 is 50.8 Å². The van der Waals surface area contributed by atoms with Gasteiger partial charge in [-0.3, -0.25) is 14.9 Å². The normalized spacial score (nSPS) is 11.2. The molecule has 3 aromatic heterocycles. The molecule has 0 unspecified atom stereocenters. The van der Waals surface area contributed by atoms with Crippen LogP contribution in [0.5, 0.6) is 0 Å². The molecule has 0 aliphatic rings. The number of amides is 1. The molecule has 0 radical (unpaired) electrons. The average Bonchev–Trinajstić information content (AvgIpc) is 3.16. The van der Waals surface area contributed by atoms with Gasteiger partial charge in [0.05, 0.1) is 28.6 Å². The highest BCUT2D eigenvalue weighted by Gasteiger charge is 2.19. The molecule has 23 heavy (non-hydrogen) atoms. The second-order valence-corrected chi connectivity index (χ2v) is 5.33. The largest absolute Gasteiger partial charge is 0.447 e. The average molecular weight is 328 g/mol. The van der Waals surface area contributed by atoms with Crippen LogP contribution in [-0.4, -0.2) is 21.1 Å². The Balaban J connectivity index is 1.92. The number of aromatic nitrogens is 3. The van der Waals surface area contributed by atoms with Crippen molar-refractivity contribution in [3.63, 3.8) is 0 Å². The third-order valence-corrected chi connectivity index (χ3v) is 3.86. The van der Waals surface area contributed by atoms with Crippen LogP contribution in [0.3, 0.4) is 0 Å². The number of carbonyl (C=O) groups excluding carboxylic acids is 1. The van der Waals surface area contributed by atoms with Crippen molar-refractivity contribution in [1.29, 1.82) is 0 Å². The Bertz CT molecular complexity index is 1050. The number of pyridine rings is 1. The summed E-state index contributed by atoms with van der Waals surface area (Å²) in [4.78, 5) is 15.7. The zero-order chi connectivity index (χ0) is 16.0. The van der Waals surface area contributed by atoms with E-state index in [9.17, 15) is 4.79 Å². The van der Waals surface area contributed by atoms with Crippen LogP contribution < -0.4 is 11.1 Å².